The highest BCUT2D eigenvalue weighted by Gasteiger charge is 2.25. The molecule has 2 unspecified atom stereocenters. The van der Waals surface area contributed by atoms with Crippen LogP contribution in [0.1, 0.15) is 18.5 Å². The van der Waals surface area contributed by atoms with Crippen molar-refractivity contribution in [2.24, 2.45) is 0 Å². The molecule has 0 aliphatic carbocycles. The first-order valence-electron chi connectivity index (χ1n) is 6.10. The first kappa shape index (κ1) is 14.9. The lowest BCUT2D eigenvalue weighted by Crippen LogP contribution is -2.33. The molecule has 2 rings (SSSR count). The highest BCUT2D eigenvalue weighted by molar-refractivity contribution is 8.06. The quantitative estimate of drug-likeness (QED) is 0.877. The Morgan fingerprint density at radius 3 is 2.78 bits per heavy atom. The van der Waals surface area contributed by atoms with Crippen LogP contribution in [0.2, 0.25) is 10.0 Å². The Morgan fingerprint density at radius 2 is 2.17 bits per heavy atom. The van der Waals surface area contributed by atoms with Gasteiger partial charge in [-0.05, 0) is 24.2 Å². The highest BCUT2D eigenvalue weighted by Crippen LogP contribution is 2.35. The van der Waals surface area contributed by atoms with Crippen molar-refractivity contribution in [3.05, 3.63) is 33.8 Å². The zero-order chi connectivity index (χ0) is 13.0. The van der Waals surface area contributed by atoms with Crippen LogP contribution in [0.15, 0.2) is 18.2 Å². The van der Waals surface area contributed by atoms with Gasteiger partial charge in [0.1, 0.15) is 0 Å². The van der Waals surface area contributed by atoms with Gasteiger partial charge in [0.05, 0.1) is 10.0 Å². The van der Waals surface area contributed by atoms with E-state index < -0.39 is 0 Å². The third-order valence-electron chi connectivity index (χ3n) is 2.94. The molecule has 1 saturated heterocycles. The maximum Gasteiger partial charge on any atom is 0.0595 e. The second-order valence-electron chi connectivity index (χ2n) is 4.19. The third kappa shape index (κ3) is 3.73. The summed E-state index contributed by atoms with van der Waals surface area (Å²) in [6.45, 7) is 3.11. The van der Waals surface area contributed by atoms with E-state index in [0.717, 1.165) is 6.54 Å². The van der Waals surface area contributed by atoms with E-state index in [-0.39, 0.29) is 0 Å². The Morgan fingerprint density at radius 1 is 1.33 bits per heavy atom. The number of rotatable bonds is 4. The van der Waals surface area contributed by atoms with Crippen molar-refractivity contribution in [1.29, 1.82) is 0 Å². The van der Waals surface area contributed by atoms with Gasteiger partial charge in [-0.15, -0.1) is 0 Å². The monoisotopic (exact) mass is 321 g/mol. The molecule has 5 heteroatoms. The fraction of sp³-hybridized carbons (Fsp3) is 0.538. The molecule has 1 aliphatic rings. The molecule has 0 saturated carbocycles. The molecular weight excluding hydrogens is 305 g/mol. The Hall–Kier alpha value is 0.460. The van der Waals surface area contributed by atoms with Crippen molar-refractivity contribution < 1.29 is 0 Å². The topological polar surface area (TPSA) is 12.0 Å². The van der Waals surface area contributed by atoms with Crippen molar-refractivity contribution in [3.8, 4) is 0 Å². The van der Waals surface area contributed by atoms with Crippen molar-refractivity contribution in [1.82, 2.24) is 5.32 Å². The summed E-state index contributed by atoms with van der Waals surface area (Å²) in [5.41, 5.74) is 1.24. The molecule has 0 amide bonds. The number of halogens is 2. The van der Waals surface area contributed by atoms with Gasteiger partial charge >= 0.3 is 0 Å². The van der Waals surface area contributed by atoms with E-state index in [1.807, 2.05) is 23.9 Å². The summed E-state index contributed by atoms with van der Waals surface area (Å²) in [5, 5.41) is 5.46. The van der Waals surface area contributed by atoms with Gasteiger partial charge in [-0.3, -0.25) is 0 Å². The molecule has 100 valence electrons. The molecule has 0 aromatic heterocycles. The molecule has 1 aromatic carbocycles. The van der Waals surface area contributed by atoms with Crippen LogP contribution in [0, 0.1) is 0 Å². The SMILES string of the molecule is CCNC(c1ccc(Cl)c(Cl)c1)C1CSCCS1. The molecule has 1 heterocycles. The van der Waals surface area contributed by atoms with Gasteiger partial charge in [0.15, 0.2) is 0 Å². The third-order valence-corrected chi connectivity index (χ3v) is 6.54. The van der Waals surface area contributed by atoms with Crippen LogP contribution in [0.3, 0.4) is 0 Å². The van der Waals surface area contributed by atoms with Crippen LogP contribution < -0.4 is 5.32 Å². The van der Waals surface area contributed by atoms with Gasteiger partial charge in [-0.2, -0.15) is 23.5 Å². The average molecular weight is 322 g/mol. The Bertz CT molecular complexity index is 395. The fourth-order valence-corrected chi connectivity index (χ4v) is 5.26. The molecule has 1 N–H and O–H groups in total. The maximum atomic E-state index is 6.13. The molecule has 18 heavy (non-hydrogen) atoms. The van der Waals surface area contributed by atoms with E-state index in [4.69, 9.17) is 23.2 Å². The smallest absolute Gasteiger partial charge is 0.0595 e. The van der Waals surface area contributed by atoms with E-state index >= 15 is 0 Å². The molecule has 0 spiro atoms. The average Bonchev–Trinajstić information content (AvgIpc) is 2.40. The minimum atomic E-state index is 0.363. The molecule has 1 aromatic rings. The molecule has 2 atom stereocenters. The van der Waals surface area contributed by atoms with Crippen LogP contribution in [-0.2, 0) is 0 Å². The Labute approximate surface area is 127 Å². The van der Waals surface area contributed by atoms with Crippen molar-refractivity contribution in [2.45, 2.75) is 18.2 Å². The zero-order valence-electron chi connectivity index (χ0n) is 10.3. The van der Waals surface area contributed by atoms with Crippen molar-refractivity contribution >= 4 is 46.7 Å². The molecule has 0 radical (unpaired) electrons. The van der Waals surface area contributed by atoms with E-state index in [1.54, 1.807) is 0 Å². The van der Waals surface area contributed by atoms with Crippen LogP contribution in [-0.4, -0.2) is 29.1 Å². The van der Waals surface area contributed by atoms with E-state index in [2.05, 4.69) is 30.1 Å². The Kier molecular flexibility index (Phi) is 6.02. The van der Waals surface area contributed by atoms with Crippen LogP contribution in [0.4, 0.5) is 0 Å². The van der Waals surface area contributed by atoms with Gasteiger partial charge in [-0.1, -0.05) is 36.2 Å². The summed E-state index contributed by atoms with van der Waals surface area (Å²) in [6, 6.07) is 6.34. The number of benzene rings is 1. The van der Waals surface area contributed by atoms with Crippen molar-refractivity contribution in [3.63, 3.8) is 0 Å². The zero-order valence-corrected chi connectivity index (χ0v) is 13.4. The van der Waals surface area contributed by atoms with E-state index in [0.29, 0.717) is 21.3 Å². The van der Waals surface area contributed by atoms with Gasteiger partial charge < -0.3 is 5.32 Å². The molecule has 0 bridgehead atoms. The van der Waals surface area contributed by atoms with Gasteiger partial charge in [0.25, 0.3) is 0 Å². The van der Waals surface area contributed by atoms with Crippen molar-refractivity contribution in [2.75, 3.05) is 23.8 Å². The number of hydrogen-bond donors (Lipinski definition) is 1. The molecular formula is C13H17Cl2NS2. The summed E-state index contributed by atoms with van der Waals surface area (Å²) in [7, 11) is 0. The summed E-state index contributed by atoms with van der Waals surface area (Å²) in [4.78, 5) is 0. The first-order valence-corrected chi connectivity index (χ1v) is 9.06. The normalized spacial score (nSPS) is 21.8. The van der Waals surface area contributed by atoms with E-state index in [1.165, 1.54) is 22.8 Å². The maximum absolute atomic E-state index is 6.13. The fourth-order valence-electron chi connectivity index (χ4n) is 2.09. The molecule has 1 nitrogen and oxygen atoms in total. The summed E-state index contributed by atoms with van der Waals surface area (Å²) in [5.74, 6) is 3.70. The number of hydrogen-bond acceptors (Lipinski definition) is 3. The minimum Gasteiger partial charge on any atom is -0.309 e. The molecule has 1 fully saturated rings. The summed E-state index contributed by atoms with van der Waals surface area (Å²) in [6.07, 6.45) is 0. The standard InChI is InChI=1S/C13H17Cl2NS2/c1-2-16-13(12-8-17-5-6-18-12)9-3-4-10(14)11(15)7-9/h3-4,7,12-13,16H,2,5-6,8H2,1H3. The number of thioether (sulfide) groups is 2. The van der Waals surface area contributed by atoms with Crippen LogP contribution in [0.25, 0.3) is 0 Å². The predicted molar refractivity (Wildman–Crippen MR) is 86.5 cm³/mol. The number of nitrogens with one attached hydrogen (secondary N) is 1. The predicted octanol–water partition coefficient (Wildman–Crippen LogP) is 4.49. The molecule has 1 aliphatic heterocycles. The second-order valence-corrected chi connectivity index (χ2v) is 7.50. The lowest BCUT2D eigenvalue weighted by atomic mass is 10.0. The Balaban J connectivity index is 2.19. The van der Waals surface area contributed by atoms with E-state index in [9.17, 15) is 0 Å². The largest absolute Gasteiger partial charge is 0.309 e. The van der Waals surface area contributed by atoms with Gasteiger partial charge in [-0.25, -0.2) is 0 Å². The first-order chi connectivity index (χ1) is 8.72. The second kappa shape index (κ2) is 7.30. The van der Waals surface area contributed by atoms with Crippen LogP contribution in [0.5, 0.6) is 0 Å². The van der Waals surface area contributed by atoms with Crippen LogP contribution >= 0.6 is 46.7 Å². The lowest BCUT2D eigenvalue weighted by Gasteiger charge is -2.30. The summed E-state index contributed by atoms with van der Waals surface area (Å²) >= 11 is 16.2. The minimum absolute atomic E-state index is 0.363. The highest BCUT2D eigenvalue weighted by atomic mass is 35.5. The van der Waals surface area contributed by atoms with Gasteiger partial charge in [0.2, 0.25) is 0 Å². The van der Waals surface area contributed by atoms with Gasteiger partial charge in [0, 0.05) is 28.6 Å². The lowest BCUT2D eigenvalue weighted by molar-refractivity contribution is 0.550. The summed E-state index contributed by atoms with van der Waals surface area (Å²) < 4.78 is 0.